The molecule has 0 unspecified atom stereocenters. The highest BCUT2D eigenvalue weighted by molar-refractivity contribution is 4.99. The molecule has 0 saturated carbocycles. The normalized spacial score (nSPS) is 13.0. The van der Waals surface area contributed by atoms with Crippen molar-refractivity contribution in [3.8, 4) is 0 Å². The first-order valence-corrected chi connectivity index (χ1v) is 9.27. The average Bonchev–Trinajstić information content (AvgIpc) is 2.49. The Morgan fingerprint density at radius 3 is 1.77 bits per heavy atom. The van der Waals surface area contributed by atoms with Crippen LogP contribution in [0, 0.1) is 0 Å². The van der Waals surface area contributed by atoms with Gasteiger partial charge in [-0.3, -0.25) is 0 Å². The van der Waals surface area contributed by atoms with Crippen molar-refractivity contribution in [3.63, 3.8) is 0 Å². The zero-order valence-corrected chi connectivity index (χ0v) is 15.4. The van der Waals surface area contributed by atoms with E-state index in [9.17, 15) is 0 Å². The van der Waals surface area contributed by atoms with E-state index in [2.05, 4.69) is 51.7 Å². The molecule has 0 amide bonds. The molecule has 0 atom stereocenters. The van der Waals surface area contributed by atoms with Crippen LogP contribution in [0.3, 0.4) is 0 Å². The Kier molecular flexibility index (Phi) is 15.6. The van der Waals surface area contributed by atoms with Crippen LogP contribution in [-0.2, 0) is 0 Å². The quantitative estimate of drug-likeness (QED) is 0.226. The molecule has 0 aliphatic heterocycles. The molecule has 0 aliphatic rings. The summed E-state index contributed by atoms with van der Waals surface area (Å²) in [5.41, 5.74) is 3.10. The summed E-state index contributed by atoms with van der Waals surface area (Å²) >= 11 is 0. The van der Waals surface area contributed by atoms with Crippen LogP contribution in [0.4, 0.5) is 0 Å². The second-order valence-electron chi connectivity index (χ2n) is 6.37. The summed E-state index contributed by atoms with van der Waals surface area (Å²) in [6.07, 6.45) is 25.2. The topological polar surface area (TPSA) is 0 Å². The van der Waals surface area contributed by atoms with Crippen LogP contribution < -0.4 is 0 Å². The maximum Gasteiger partial charge on any atom is -0.0320 e. The van der Waals surface area contributed by atoms with Gasteiger partial charge in [-0.05, 0) is 78.1 Å². The maximum absolute atomic E-state index is 3.77. The number of hydrogen-bond donors (Lipinski definition) is 0. The monoisotopic (exact) mass is 302 g/mol. The zero-order valence-electron chi connectivity index (χ0n) is 15.4. The van der Waals surface area contributed by atoms with E-state index in [1.165, 1.54) is 64.2 Å². The molecule has 0 bridgehead atoms. The lowest BCUT2D eigenvalue weighted by molar-refractivity contribution is 0.806. The largest absolute Gasteiger partial charge is 0.103 e. The van der Waals surface area contributed by atoms with Gasteiger partial charge in [-0.25, -0.2) is 0 Å². The van der Waals surface area contributed by atoms with Gasteiger partial charge >= 0.3 is 0 Å². The molecule has 0 aliphatic carbocycles. The lowest BCUT2D eigenvalue weighted by Crippen LogP contribution is -1.79. The molecule has 0 spiro atoms. The summed E-state index contributed by atoms with van der Waals surface area (Å²) in [4.78, 5) is 0. The Bertz CT molecular complexity index is 341. The Morgan fingerprint density at radius 1 is 0.727 bits per heavy atom. The molecule has 0 rings (SSSR count). The van der Waals surface area contributed by atoms with E-state index < -0.39 is 0 Å². The Hall–Kier alpha value is -1.04. The summed E-state index contributed by atoms with van der Waals surface area (Å²) < 4.78 is 0. The molecule has 0 radical (unpaired) electrons. The second-order valence-corrected chi connectivity index (χ2v) is 6.37. The van der Waals surface area contributed by atoms with E-state index >= 15 is 0 Å². The molecule has 0 nitrogen and oxygen atoms in total. The van der Waals surface area contributed by atoms with Gasteiger partial charge in [-0.1, -0.05) is 54.9 Å². The van der Waals surface area contributed by atoms with E-state index in [0.29, 0.717) is 0 Å². The first-order valence-electron chi connectivity index (χ1n) is 9.27. The van der Waals surface area contributed by atoms with Gasteiger partial charge in [0, 0.05) is 0 Å². The fourth-order valence-corrected chi connectivity index (χ4v) is 2.53. The molecule has 0 heterocycles. The van der Waals surface area contributed by atoms with Crippen molar-refractivity contribution < 1.29 is 0 Å². The van der Waals surface area contributed by atoms with Crippen LogP contribution in [0.5, 0.6) is 0 Å². The summed E-state index contributed by atoms with van der Waals surface area (Å²) in [6.45, 7) is 10.5. The summed E-state index contributed by atoms with van der Waals surface area (Å²) in [7, 11) is 0. The van der Waals surface area contributed by atoms with Gasteiger partial charge in [0.25, 0.3) is 0 Å². The third-order valence-electron chi connectivity index (χ3n) is 3.93. The molecule has 0 fully saturated rings. The van der Waals surface area contributed by atoms with E-state index in [4.69, 9.17) is 0 Å². The minimum atomic E-state index is 1.14. The van der Waals surface area contributed by atoms with Gasteiger partial charge in [-0.2, -0.15) is 0 Å². The Morgan fingerprint density at radius 2 is 1.27 bits per heavy atom. The van der Waals surface area contributed by atoms with Crippen LogP contribution in [-0.4, -0.2) is 0 Å². The lowest BCUT2D eigenvalue weighted by atomic mass is 10.1. The van der Waals surface area contributed by atoms with Gasteiger partial charge in [0.1, 0.15) is 0 Å². The average molecular weight is 303 g/mol. The van der Waals surface area contributed by atoms with Crippen molar-refractivity contribution in [3.05, 3.63) is 48.1 Å². The van der Waals surface area contributed by atoms with Crippen molar-refractivity contribution in [2.45, 2.75) is 91.4 Å². The lowest BCUT2D eigenvalue weighted by Gasteiger charge is -1.99. The van der Waals surface area contributed by atoms with Gasteiger partial charge in [0.15, 0.2) is 0 Å². The van der Waals surface area contributed by atoms with Crippen molar-refractivity contribution >= 4 is 0 Å². The maximum atomic E-state index is 3.77. The van der Waals surface area contributed by atoms with Crippen molar-refractivity contribution in [2.75, 3.05) is 0 Å². The number of hydrogen-bond acceptors (Lipinski definition) is 0. The van der Waals surface area contributed by atoms with Crippen molar-refractivity contribution in [2.24, 2.45) is 0 Å². The summed E-state index contributed by atoms with van der Waals surface area (Å²) in [6, 6.07) is 0. The summed E-state index contributed by atoms with van der Waals surface area (Å²) in [5.74, 6) is 0. The molecule has 0 N–H and O–H groups in total. The molecule has 126 valence electrons. The number of allylic oxidation sites excluding steroid dienone is 7. The minimum absolute atomic E-state index is 1.14. The van der Waals surface area contributed by atoms with Crippen LogP contribution in [0.1, 0.15) is 91.4 Å². The predicted molar refractivity (Wildman–Crippen MR) is 103 cm³/mol. The number of rotatable bonds is 14. The van der Waals surface area contributed by atoms with Gasteiger partial charge < -0.3 is 0 Å². The highest BCUT2D eigenvalue weighted by Gasteiger charge is 1.90. The van der Waals surface area contributed by atoms with Crippen LogP contribution >= 0.6 is 0 Å². The smallest absolute Gasteiger partial charge is 0.0320 e. The zero-order chi connectivity index (χ0) is 16.5. The molecule has 0 aromatic carbocycles. The molecule has 0 heteroatoms. The Balaban J connectivity index is 3.49. The van der Waals surface area contributed by atoms with Gasteiger partial charge in [-0.15, -0.1) is 6.58 Å². The second kappa shape index (κ2) is 16.3. The number of unbranched alkanes of at least 4 members (excludes halogenated alkanes) is 5. The van der Waals surface area contributed by atoms with Crippen LogP contribution in [0.15, 0.2) is 48.1 Å². The van der Waals surface area contributed by atoms with Gasteiger partial charge in [0.2, 0.25) is 0 Å². The van der Waals surface area contributed by atoms with E-state index in [1.807, 2.05) is 6.08 Å². The fourth-order valence-electron chi connectivity index (χ4n) is 2.53. The van der Waals surface area contributed by atoms with E-state index in [0.717, 1.165) is 6.42 Å². The first-order chi connectivity index (χ1) is 10.7. The Labute approximate surface area is 140 Å². The molecule has 0 saturated heterocycles. The third-order valence-corrected chi connectivity index (χ3v) is 3.93. The van der Waals surface area contributed by atoms with Gasteiger partial charge in [0.05, 0.1) is 0 Å². The molecular weight excluding hydrogens is 264 g/mol. The van der Waals surface area contributed by atoms with Crippen LogP contribution in [0.25, 0.3) is 0 Å². The summed E-state index contributed by atoms with van der Waals surface area (Å²) in [5, 5.41) is 0. The molecular formula is C22H38. The minimum Gasteiger partial charge on any atom is -0.103 e. The molecule has 0 aromatic heterocycles. The molecule has 22 heavy (non-hydrogen) atoms. The standard InChI is InChI=1S/C22H38/c1-5-7-14-18-22(4)20-16-13-11-9-8-10-12-15-19-21(3)17-6-2/h5,8-9,19-20H,1,6-7,10-18H2,2-4H3. The first kappa shape index (κ1) is 21.0. The molecule has 0 aromatic rings. The van der Waals surface area contributed by atoms with Crippen molar-refractivity contribution in [1.82, 2.24) is 0 Å². The van der Waals surface area contributed by atoms with Crippen molar-refractivity contribution in [1.29, 1.82) is 0 Å². The predicted octanol–water partition coefficient (Wildman–Crippen LogP) is 7.93. The SMILES string of the molecule is C=CCCCC(C)=CCCCC=CCCCC=C(C)CCC. The van der Waals surface area contributed by atoms with E-state index in [1.54, 1.807) is 11.1 Å². The fraction of sp³-hybridized carbons (Fsp3) is 0.636. The van der Waals surface area contributed by atoms with Crippen LogP contribution in [0.2, 0.25) is 0 Å². The highest BCUT2D eigenvalue weighted by atomic mass is 14.0. The highest BCUT2D eigenvalue weighted by Crippen LogP contribution is 2.10. The van der Waals surface area contributed by atoms with E-state index in [-0.39, 0.29) is 0 Å². The third kappa shape index (κ3) is 15.4.